The first-order valence-electron chi connectivity index (χ1n) is 6.32. The van der Waals surface area contributed by atoms with E-state index in [1.54, 1.807) is 18.2 Å². The second-order valence-electron chi connectivity index (χ2n) is 4.81. The van der Waals surface area contributed by atoms with Crippen LogP contribution >= 0.6 is 0 Å². The van der Waals surface area contributed by atoms with Crippen LogP contribution in [0.15, 0.2) is 29.2 Å². The zero-order chi connectivity index (χ0) is 13.2. The second kappa shape index (κ2) is 5.38. The largest absolute Gasteiger partial charge is 0.316 e. The van der Waals surface area contributed by atoms with Crippen molar-refractivity contribution < 1.29 is 8.42 Å². The van der Waals surface area contributed by atoms with Crippen LogP contribution in [0.1, 0.15) is 25.3 Å². The summed E-state index contributed by atoms with van der Waals surface area (Å²) >= 11 is 0. The maximum absolute atomic E-state index is 12.2. The summed E-state index contributed by atoms with van der Waals surface area (Å²) in [5.41, 5.74) is 0.975. The third kappa shape index (κ3) is 3.10. The summed E-state index contributed by atoms with van der Waals surface area (Å²) < 4.78 is 27.1. The van der Waals surface area contributed by atoms with Gasteiger partial charge in [0, 0.05) is 12.6 Å². The molecule has 1 aromatic carbocycles. The first kappa shape index (κ1) is 13.5. The van der Waals surface area contributed by atoms with Gasteiger partial charge in [0.15, 0.2) is 0 Å². The zero-order valence-corrected chi connectivity index (χ0v) is 11.6. The Morgan fingerprint density at radius 1 is 1.39 bits per heavy atom. The predicted octanol–water partition coefficient (Wildman–Crippen LogP) is 1.48. The normalized spacial score (nSPS) is 23.0. The van der Waals surface area contributed by atoms with Crippen LogP contribution in [-0.2, 0) is 16.6 Å². The van der Waals surface area contributed by atoms with E-state index in [2.05, 4.69) is 17.0 Å². The number of hydrogen-bond acceptors (Lipinski definition) is 3. The molecule has 0 amide bonds. The van der Waals surface area contributed by atoms with Gasteiger partial charge < -0.3 is 5.32 Å². The second-order valence-corrected chi connectivity index (χ2v) is 6.52. The fourth-order valence-corrected chi connectivity index (χ4v) is 3.52. The minimum absolute atomic E-state index is 0.132. The van der Waals surface area contributed by atoms with Gasteiger partial charge in [0.1, 0.15) is 0 Å². The van der Waals surface area contributed by atoms with E-state index in [1.165, 1.54) is 0 Å². The number of rotatable bonds is 6. The summed E-state index contributed by atoms with van der Waals surface area (Å²) in [4.78, 5) is 0.358. The Kier molecular flexibility index (Phi) is 4.04. The molecular formula is C13H20N2O2S. The van der Waals surface area contributed by atoms with Crippen LogP contribution in [0.5, 0.6) is 0 Å². The molecule has 4 nitrogen and oxygen atoms in total. The van der Waals surface area contributed by atoms with E-state index < -0.39 is 10.0 Å². The Bertz CT molecular complexity index is 513. The molecule has 100 valence electrons. The maximum Gasteiger partial charge on any atom is 0.240 e. The van der Waals surface area contributed by atoms with Gasteiger partial charge in [0.05, 0.1) is 4.90 Å². The van der Waals surface area contributed by atoms with E-state index in [0.29, 0.717) is 17.4 Å². The van der Waals surface area contributed by atoms with Gasteiger partial charge in [-0.05, 0) is 37.1 Å². The third-order valence-corrected chi connectivity index (χ3v) is 4.83. The zero-order valence-electron chi connectivity index (χ0n) is 10.8. The van der Waals surface area contributed by atoms with Gasteiger partial charge in [0.25, 0.3) is 0 Å². The van der Waals surface area contributed by atoms with Crippen LogP contribution < -0.4 is 10.0 Å². The van der Waals surface area contributed by atoms with Crippen LogP contribution in [0.4, 0.5) is 0 Å². The molecule has 1 saturated carbocycles. The van der Waals surface area contributed by atoms with Crippen molar-refractivity contribution in [1.82, 2.24) is 10.0 Å². The fraction of sp³-hybridized carbons (Fsp3) is 0.538. The highest BCUT2D eigenvalue weighted by Gasteiger charge is 2.38. The number of benzene rings is 1. The monoisotopic (exact) mass is 268 g/mol. The Labute approximate surface area is 109 Å². The Morgan fingerprint density at radius 2 is 2.17 bits per heavy atom. The van der Waals surface area contributed by atoms with Gasteiger partial charge in [-0.15, -0.1) is 0 Å². The van der Waals surface area contributed by atoms with Gasteiger partial charge in [-0.1, -0.05) is 25.5 Å². The molecular weight excluding hydrogens is 248 g/mol. The molecule has 1 aliphatic carbocycles. The lowest BCUT2D eigenvalue weighted by molar-refractivity contribution is 0.575. The SMILES string of the molecule is CCC1CC1NS(=O)(=O)c1cccc(CNC)c1. The van der Waals surface area contributed by atoms with E-state index in [1.807, 2.05) is 13.1 Å². The quantitative estimate of drug-likeness (QED) is 0.821. The third-order valence-electron chi connectivity index (χ3n) is 3.34. The average Bonchev–Trinajstić information content (AvgIpc) is 3.07. The highest BCUT2D eigenvalue weighted by Crippen LogP contribution is 2.34. The van der Waals surface area contributed by atoms with Crippen LogP contribution in [0, 0.1) is 5.92 Å². The molecule has 18 heavy (non-hydrogen) atoms. The predicted molar refractivity (Wildman–Crippen MR) is 71.7 cm³/mol. The first-order valence-corrected chi connectivity index (χ1v) is 7.81. The van der Waals surface area contributed by atoms with Crippen molar-refractivity contribution in [3.63, 3.8) is 0 Å². The topological polar surface area (TPSA) is 58.2 Å². The van der Waals surface area contributed by atoms with Crippen molar-refractivity contribution in [2.45, 2.75) is 37.2 Å². The van der Waals surface area contributed by atoms with Crippen molar-refractivity contribution in [1.29, 1.82) is 0 Å². The van der Waals surface area contributed by atoms with Gasteiger partial charge in [-0.3, -0.25) is 0 Å². The van der Waals surface area contributed by atoms with Gasteiger partial charge in [0.2, 0.25) is 10.0 Å². The molecule has 0 bridgehead atoms. The van der Waals surface area contributed by atoms with E-state index in [0.717, 1.165) is 18.4 Å². The van der Waals surface area contributed by atoms with Gasteiger partial charge in [-0.25, -0.2) is 13.1 Å². The van der Waals surface area contributed by atoms with Crippen LogP contribution in [0.25, 0.3) is 0 Å². The van der Waals surface area contributed by atoms with Crippen LogP contribution in [0.3, 0.4) is 0 Å². The number of hydrogen-bond donors (Lipinski definition) is 2. The Morgan fingerprint density at radius 3 is 2.78 bits per heavy atom. The number of sulfonamides is 1. The van der Waals surface area contributed by atoms with E-state index in [4.69, 9.17) is 0 Å². The lowest BCUT2D eigenvalue weighted by Gasteiger charge is -2.08. The summed E-state index contributed by atoms with van der Waals surface area (Å²) in [6.45, 7) is 2.76. The molecule has 1 aliphatic rings. The van der Waals surface area contributed by atoms with Crippen LogP contribution in [0.2, 0.25) is 0 Å². The van der Waals surface area contributed by atoms with Crippen molar-refractivity contribution in [3.8, 4) is 0 Å². The summed E-state index contributed by atoms with van der Waals surface area (Å²) in [6.07, 6.45) is 2.00. The molecule has 0 heterocycles. The average molecular weight is 268 g/mol. The molecule has 0 aromatic heterocycles. The Hall–Kier alpha value is -0.910. The molecule has 1 fully saturated rings. The molecule has 2 N–H and O–H groups in total. The van der Waals surface area contributed by atoms with Crippen molar-refractivity contribution >= 4 is 10.0 Å². The van der Waals surface area contributed by atoms with Crippen LogP contribution in [-0.4, -0.2) is 21.5 Å². The molecule has 0 aliphatic heterocycles. The molecule has 1 aromatic rings. The van der Waals surface area contributed by atoms with Crippen molar-refractivity contribution in [2.24, 2.45) is 5.92 Å². The van der Waals surface area contributed by atoms with E-state index in [9.17, 15) is 8.42 Å². The molecule has 0 saturated heterocycles. The summed E-state index contributed by atoms with van der Waals surface area (Å²) in [7, 11) is -1.52. The standard InChI is InChI=1S/C13H20N2O2S/c1-3-11-8-13(11)15-18(16,17)12-6-4-5-10(7-12)9-14-2/h4-7,11,13-15H,3,8-9H2,1-2H3. The lowest BCUT2D eigenvalue weighted by Crippen LogP contribution is -2.27. The Balaban J connectivity index is 2.11. The summed E-state index contributed by atoms with van der Waals surface area (Å²) in [5.74, 6) is 0.514. The first-order chi connectivity index (χ1) is 8.56. The fourth-order valence-electron chi connectivity index (χ4n) is 2.14. The molecule has 2 unspecified atom stereocenters. The molecule has 0 spiro atoms. The highest BCUT2D eigenvalue weighted by atomic mass is 32.2. The van der Waals surface area contributed by atoms with Gasteiger partial charge in [-0.2, -0.15) is 0 Å². The summed E-state index contributed by atoms with van der Waals surface area (Å²) in [5, 5.41) is 3.02. The minimum atomic E-state index is -3.36. The molecule has 5 heteroatoms. The van der Waals surface area contributed by atoms with E-state index in [-0.39, 0.29) is 6.04 Å². The lowest BCUT2D eigenvalue weighted by atomic mass is 10.2. The van der Waals surface area contributed by atoms with Crippen molar-refractivity contribution in [2.75, 3.05) is 7.05 Å². The molecule has 0 radical (unpaired) electrons. The minimum Gasteiger partial charge on any atom is -0.316 e. The van der Waals surface area contributed by atoms with Gasteiger partial charge >= 0.3 is 0 Å². The van der Waals surface area contributed by atoms with Crippen molar-refractivity contribution in [3.05, 3.63) is 29.8 Å². The number of nitrogens with one attached hydrogen (secondary N) is 2. The highest BCUT2D eigenvalue weighted by molar-refractivity contribution is 7.89. The smallest absolute Gasteiger partial charge is 0.240 e. The summed E-state index contributed by atoms with van der Waals surface area (Å²) in [6, 6.07) is 7.20. The molecule has 2 rings (SSSR count). The van der Waals surface area contributed by atoms with E-state index >= 15 is 0 Å². The molecule has 2 atom stereocenters. The maximum atomic E-state index is 12.2.